The molecule has 0 spiro atoms. The summed E-state index contributed by atoms with van der Waals surface area (Å²) >= 11 is 0. The van der Waals surface area contributed by atoms with Gasteiger partial charge in [-0.05, 0) is 31.1 Å². The van der Waals surface area contributed by atoms with Crippen LogP contribution in [0.25, 0.3) is 0 Å². The molecule has 122 valence electrons. The van der Waals surface area contributed by atoms with Crippen LogP contribution in [0.3, 0.4) is 0 Å². The van der Waals surface area contributed by atoms with E-state index >= 15 is 0 Å². The minimum atomic E-state index is -0.596. The molecule has 0 heterocycles. The lowest BCUT2D eigenvalue weighted by atomic mass is 9.63. The first-order valence-electron chi connectivity index (χ1n) is 8.32. The average Bonchev–Trinajstić information content (AvgIpc) is 2.56. The fourth-order valence-electron chi connectivity index (χ4n) is 3.70. The summed E-state index contributed by atoms with van der Waals surface area (Å²) in [6, 6.07) is 20.5. The quantitative estimate of drug-likeness (QED) is 0.766. The van der Waals surface area contributed by atoms with E-state index in [4.69, 9.17) is 0 Å². The molecule has 2 aromatic rings. The SMILES string of the molecule is CCC(=O)C(c1ccccc1)(c1ccccc1)[C@H](C)CN(C)C. The highest BCUT2D eigenvalue weighted by atomic mass is 16.1. The number of carbonyl (C=O) groups is 1. The van der Waals surface area contributed by atoms with Gasteiger partial charge >= 0.3 is 0 Å². The summed E-state index contributed by atoms with van der Waals surface area (Å²) < 4.78 is 0. The Morgan fingerprint density at radius 1 is 0.957 bits per heavy atom. The van der Waals surface area contributed by atoms with E-state index in [1.807, 2.05) is 43.3 Å². The smallest absolute Gasteiger partial charge is 0.147 e. The summed E-state index contributed by atoms with van der Waals surface area (Å²) in [6.07, 6.45) is 0.529. The molecular formula is C21H27NO. The van der Waals surface area contributed by atoms with Crippen LogP contribution in [0, 0.1) is 5.92 Å². The fraction of sp³-hybridized carbons (Fsp3) is 0.381. The van der Waals surface area contributed by atoms with Crippen molar-refractivity contribution in [1.82, 2.24) is 4.90 Å². The molecule has 0 saturated carbocycles. The average molecular weight is 309 g/mol. The summed E-state index contributed by atoms with van der Waals surface area (Å²) in [6.45, 7) is 5.01. The number of benzene rings is 2. The van der Waals surface area contributed by atoms with E-state index in [9.17, 15) is 4.79 Å². The van der Waals surface area contributed by atoms with Crippen molar-refractivity contribution in [2.75, 3.05) is 20.6 Å². The van der Waals surface area contributed by atoms with Gasteiger partial charge in [0.15, 0.2) is 0 Å². The number of hydrogen-bond acceptors (Lipinski definition) is 2. The third-order valence-electron chi connectivity index (χ3n) is 4.60. The first kappa shape index (κ1) is 17.4. The van der Waals surface area contributed by atoms with Crippen LogP contribution < -0.4 is 0 Å². The molecule has 2 heteroatoms. The molecule has 0 fully saturated rings. The van der Waals surface area contributed by atoms with Crippen molar-refractivity contribution in [2.24, 2.45) is 5.92 Å². The lowest BCUT2D eigenvalue weighted by Gasteiger charge is -2.40. The maximum atomic E-state index is 13.2. The molecule has 2 aromatic carbocycles. The van der Waals surface area contributed by atoms with Crippen LogP contribution in [0.5, 0.6) is 0 Å². The Balaban J connectivity index is 2.71. The second kappa shape index (κ2) is 7.56. The van der Waals surface area contributed by atoms with Gasteiger partial charge in [0.05, 0.1) is 5.41 Å². The first-order valence-corrected chi connectivity index (χ1v) is 8.32. The summed E-state index contributed by atoms with van der Waals surface area (Å²) in [5, 5.41) is 0. The van der Waals surface area contributed by atoms with E-state index in [1.165, 1.54) is 0 Å². The van der Waals surface area contributed by atoms with Crippen molar-refractivity contribution in [2.45, 2.75) is 25.7 Å². The zero-order valence-corrected chi connectivity index (χ0v) is 14.6. The van der Waals surface area contributed by atoms with Crippen molar-refractivity contribution in [1.29, 1.82) is 0 Å². The van der Waals surface area contributed by atoms with Crippen molar-refractivity contribution < 1.29 is 4.79 Å². The van der Waals surface area contributed by atoms with E-state index in [1.54, 1.807) is 0 Å². The van der Waals surface area contributed by atoms with Crippen molar-refractivity contribution >= 4 is 5.78 Å². The first-order chi connectivity index (χ1) is 11.0. The van der Waals surface area contributed by atoms with Crippen molar-refractivity contribution in [3.05, 3.63) is 71.8 Å². The normalized spacial score (nSPS) is 13.1. The predicted molar refractivity (Wildman–Crippen MR) is 96.7 cm³/mol. The lowest BCUT2D eigenvalue weighted by Crippen LogP contribution is -2.46. The predicted octanol–water partition coefficient (Wildman–Crippen LogP) is 4.15. The van der Waals surface area contributed by atoms with E-state index in [0.717, 1.165) is 17.7 Å². The molecule has 0 unspecified atom stereocenters. The maximum Gasteiger partial charge on any atom is 0.147 e. The van der Waals surface area contributed by atoms with E-state index in [-0.39, 0.29) is 11.7 Å². The molecule has 0 aromatic heterocycles. The van der Waals surface area contributed by atoms with Crippen LogP contribution in [0.1, 0.15) is 31.4 Å². The highest BCUT2D eigenvalue weighted by molar-refractivity contribution is 5.94. The number of hydrogen-bond donors (Lipinski definition) is 0. The molecule has 0 radical (unpaired) electrons. The molecule has 0 saturated heterocycles. The molecule has 0 amide bonds. The van der Waals surface area contributed by atoms with Crippen molar-refractivity contribution in [3.63, 3.8) is 0 Å². The highest BCUT2D eigenvalue weighted by Crippen LogP contribution is 2.41. The Hall–Kier alpha value is -1.93. The Morgan fingerprint density at radius 3 is 1.74 bits per heavy atom. The Bertz CT molecular complexity index is 579. The topological polar surface area (TPSA) is 20.3 Å². The zero-order chi connectivity index (χ0) is 16.9. The number of Topliss-reactive ketones (excluding diaryl/α,β-unsaturated/α-hetero) is 1. The third-order valence-corrected chi connectivity index (χ3v) is 4.60. The summed E-state index contributed by atoms with van der Waals surface area (Å²) in [4.78, 5) is 15.4. The van der Waals surface area contributed by atoms with Crippen LogP contribution in [-0.4, -0.2) is 31.3 Å². The fourth-order valence-corrected chi connectivity index (χ4v) is 3.70. The minimum absolute atomic E-state index is 0.176. The van der Waals surface area contributed by atoms with E-state index in [0.29, 0.717) is 6.42 Å². The van der Waals surface area contributed by atoms with E-state index < -0.39 is 5.41 Å². The van der Waals surface area contributed by atoms with Crippen LogP contribution in [-0.2, 0) is 10.2 Å². The molecule has 23 heavy (non-hydrogen) atoms. The molecule has 0 aliphatic carbocycles. The lowest BCUT2D eigenvalue weighted by molar-refractivity contribution is -0.124. The molecule has 0 bridgehead atoms. The molecule has 0 aliphatic heterocycles. The van der Waals surface area contributed by atoms with Crippen LogP contribution in [0.15, 0.2) is 60.7 Å². The largest absolute Gasteiger partial charge is 0.309 e. The number of ketones is 1. The number of carbonyl (C=O) groups excluding carboxylic acids is 1. The summed E-state index contributed by atoms with van der Waals surface area (Å²) in [5.74, 6) is 0.457. The van der Waals surface area contributed by atoms with Crippen LogP contribution in [0.4, 0.5) is 0 Å². The molecule has 2 rings (SSSR count). The maximum absolute atomic E-state index is 13.2. The summed E-state index contributed by atoms with van der Waals surface area (Å²) in [5.41, 5.74) is 1.58. The van der Waals surface area contributed by atoms with Crippen LogP contribution in [0.2, 0.25) is 0 Å². The Morgan fingerprint density at radius 2 is 1.39 bits per heavy atom. The molecule has 0 N–H and O–H groups in total. The second-order valence-electron chi connectivity index (χ2n) is 6.48. The third kappa shape index (κ3) is 3.37. The molecule has 2 nitrogen and oxygen atoms in total. The number of nitrogens with zero attached hydrogens (tertiary/aromatic N) is 1. The van der Waals surface area contributed by atoms with Gasteiger partial charge in [-0.15, -0.1) is 0 Å². The summed E-state index contributed by atoms with van der Waals surface area (Å²) in [7, 11) is 4.13. The molecular weight excluding hydrogens is 282 g/mol. The van der Waals surface area contributed by atoms with Crippen LogP contribution >= 0.6 is 0 Å². The van der Waals surface area contributed by atoms with Gasteiger partial charge in [-0.1, -0.05) is 74.5 Å². The van der Waals surface area contributed by atoms with Gasteiger partial charge in [0.25, 0.3) is 0 Å². The van der Waals surface area contributed by atoms with Crippen molar-refractivity contribution in [3.8, 4) is 0 Å². The van der Waals surface area contributed by atoms with Gasteiger partial charge in [-0.3, -0.25) is 4.79 Å². The van der Waals surface area contributed by atoms with Gasteiger partial charge in [0.1, 0.15) is 5.78 Å². The second-order valence-corrected chi connectivity index (χ2v) is 6.48. The Kier molecular flexibility index (Phi) is 5.73. The highest BCUT2D eigenvalue weighted by Gasteiger charge is 2.45. The standard InChI is InChI=1S/C21H27NO/c1-5-20(23)21(17(2)16-22(3)4,18-12-8-6-9-13-18)19-14-10-7-11-15-19/h6-15,17H,5,16H2,1-4H3/t17-/m1/s1. The number of rotatable bonds is 7. The molecule has 0 aliphatic rings. The van der Waals surface area contributed by atoms with Gasteiger partial charge in [-0.25, -0.2) is 0 Å². The Labute approximate surface area is 140 Å². The van der Waals surface area contributed by atoms with Gasteiger partial charge in [-0.2, -0.15) is 0 Å². The van der Waals surface area contributed by atoms with Gasteiger partial charge in [0.2, 0.25) is 0 Å². The van der Waals surface area contributed by atoms with Gasteiger partial charge in [0, 0.05) is 13.0 Å². The minimum Gasteiger partial charge on any atom is -0.309 e. The monoisotopic (exact) mass is 309 g/mol. The zero-order valence-electron chi connectivity index (χ0n) is 14.6. The molecule has 1 atom stereocenters. The van der Waals surface area contributed by atoms with Gasteiger partial charge < -0.3 is 4.90 Å². The van der Waals surface area contributed by atoms with E-state index in [2.05, 4.69) is 50.2 Å².